The molecule has 0 amide bonds. The van der Waals surface area contributed by atoms with Gasteiger partial charge in [-0.05, 0) is 17.7 Å². The van der Waals surface area contributed by atoms with E-state index in [0.717, 1.165) is 0 Å². The average molecular weight is 209 g/mol. The van der Waals surface area contributed by atoms with E-state index in [4.69, 9.17) is 15.6 Å². The minimum absolute atomic E-state index is 0.365. The van der Waals surface area contributed by atoms with E-state index in [2.05, 4.69) is 0 Å². The van der Waals surface area contributed by atoms with E-state index < -0.39 is 18.0 Å². The lowest BCUT2D eigenvalue weighted by atomic mass is 10.1. The molecule has 0 saturated heterocycles. The van der Waals surface area contributed by atoms with Crippen molar-refractivity contribution >= 4 is 11.9 Å². The predicted octanol–water partition coefficient (Wildman–Crippen LogP) is 0.696. The quantitative estimate of drug-likeness (QED) is 0.564. The lowest BCUT2D eigenvalue weighted by Crippen LogP contribution is -2.20. The van der Waals surface area contributed by atoms with Crippen LogP contribution >= 0.6 is 0 Å². The summed E-state index contributed by atoms with van der Waals surface area (Å²) in [7, 11) is 0. The molecule has 0 saturated carbocycles. The highest BCUT2D eigenvalue weighted by molar-refractivity contribution is 5.75. The molecule has 1 aromatic rings. The first-order chi connectivity index (χ1) is 7.00. The van der Waals surface area contributed by atoms with Gasteiger partial charge in [0.2, 0.25) is 0 Å². The number of ether oxygens (including phenoxy) is 1. The Bertz CT molecular complexity index is 372. The van der Waals surface area contributed by atoms with E-state index in [0.29, 0.717) is 11.3 Å². The first kappa shape index (κ1) is 11.2. The van der Waals surface area contributed by atoms with Crippen LogP contribution in [0.15, 0.2) is 24.3 Å². The van der Waals surface area contributed by atoms with E-state index in [1.807, 2.05) is 0 Å². The molecule has 0 aliphatic carbocycles. The molecule has 0 bridgehead atoms. The number of esters is 1. The molecule has 15 heavy (non-hydrogen) atoms. The van der Waals surface area contributed by atoms with Crippen molar-refractivity contribution in [2.24, 2.45) is 5.73 Å². The molecule has 0 heterocycles. The topological polar surface area (TPSA) is 89.6 Å². The van der Waals surface area contributed by atoms with E-state index in [1.54, 1.807) is 0 Å². The van der Waals surface area contributed by atoms with Crippen molar-refractivity contribution in [1.29, 1.82) is 0 Å². The third-order valence-corrected chi connectivity index (χ3v) is 1.77. The van der Waals surface area contributed by atoms with Gasteiger partial charge in [0.1, 0.15) is 11.8 Å². The molecule has 0 radical (unpaired) electrons. The maximum absolute atomic E-state index is 10.6. The number of carboxylic acids is 1. The fourth-order valence-corrected chi connectivity index (χ4v) is 1.05. The maximum Gasteiger partial charge on any atom is 0.325 e. The van der Waals surface area contributed by atoms with Gasteiger partial charge < -0.3 is 15.6 Å². The molecule has 80 valence electrons. The van der Waals surface area contributed by atoms with Gasteiger partial charge in [0.05, 0.1) is 0 Å². The molecule has 1 unspecified atom stereocenters. The van der Waals surface area contributed by atoms with Crippen molar-refractivity contribution < 1.29 is 19.4 Å². The number of hydrogen-bond donors (Lipinski definition) is 2. The highest BCUT2D eigenvalue weighted by Crippen LogP contribution is 2.16. The monoisotopic (exact) mass is 209 g/mol. The van der Waals surface area contributed by atoms with Gasteiger partial charge in [0.15, 0.2) is 0 Å². The van der Waals surface area contributed by atoms with Crippen molar-refractivity contribution in [2.75, 3.05) is 0 Å². The average Bonchev–Trinajstić information content (AvgIpc) is 2.17. The van der Waals surface area contributed by atoms with Crippen LogP contribution in [-0.2, 0) is 9.59 Å². The molecule has 0 aromatic heterocycles. The van der Waals surface area contributed by atoms with Crippen molar-refractivity contribution in [3.63, 3.8) is 0 Å². The maximum atomic E-state index is 10.6. The van der Waals surface area contributed by atoms with Crippen molar-refractivity contribution in [2.45, 2.75) is 13.0 Å². The largest absolute Gasteiger partial charge is 0.480 e. The highest BCUT2D eigenvalue weighted by Gasteiger charge is 2.13. The van der Waals surface area contributed by atoms with Crippen LogP contribution in [0.25, 0.3) is 0 Å². The third kappa shape index (κ3) is 3.07. The number of aliphatic carboxylic acids is 1. The molecule has 0 aliphatic heterocycles. The molecule has 1 aromatic carbocycles. The van der Waals surface area contributed by atoms with Gasteiger partial charge in [-0.2, -0.15) is 0 Å². The van der Waals surface area contributed by atoms with Gasteiger partial charge in [-0.25, -0.2) is 0 Å². The summed E-state index contributed by atoms with van der Waals surface area (Å²) in [6, 6.07) is 4.96. The highest BCUT2D eigenvalue weighted by atomic mass is 16.5. The Balaban J connectivity index is 2.80. The van der Waals surface area contributed by atoms with Crippen molar-refractivity contribution in [1.82, 2.24) is 0 Å². The normalized spacial score (nSPS) is 11.9. The number of nitrogens with two attached hydrogens (primary N) is 1. The molecule has 1 rings (SSSR count). The summed E-state index contributed by atoms with van der Waals surface area (Å²) in [6.45, 7) is 1.29. The zero-order chi connectivity index (χ0) is 11.4. The molecule has 5 nitrogen and oxygen atoms in total. The fraction of sp³-hybridized carbons (Fsp3) is 0.200. The van der Waals surface area contributed by atoms with Crippen LogP contribution in [0, 0.1) is 0 Å². The Morgan fingerprint density at radius 2 is 1.87 bits per heavy atom. The summed E-state index contributed by atoms with van der Waals surface area (Å²) in [4.78, 5) is 21.2. The van der Waals surface area contributed by atoms with Crippen molar-refractivity contribution in [3.8, 4) is 5.75 Å². The summed E-state index contributed by atoms with van der Waals surface area (Å²) in [6.07, 6.45) is 0. The number of hydrogen-bond acceptors (Lipinski definition) is 4. The second kappa shape index (κ2) is 4.56. The summed E-state index contributed by atoms with van der Waals surface area (Å²) < 4.78 is 4.78. The first-order valence-corrected chi connectivity index (χ1v) is 4.27. The van der Waals surface area contributed by atoms with Crippen LogP contribution in [0.2, 0.25) is 0 Å². The van der Waals surface area contributed by atoms with Crippen LogP contribution in [0.3, 0.4) is 0 Å². The SMILES string of the molecule is CC(=O)Oc1ccc(C(N)C(=O)O)cc1. The zero-order valence-electron chi connectivity index (χ0n) is 8.14. The Hall–Kier alpha value is -1.88. The number of benzene rings is 1. The fourth-order valence-electron chi connectivity index (χ4n) is 1.05. The standard InChI is InChI=1S/C10H11NO4/c1-6(12)15-8-4-2-7(3-5-8)9(11)10(13)14/h2-5,9H,11H2,1H3,(H,13,14). The molecule has 3 N–H and O–H groups in total. The van der Waals surface area contributed by atoms with Gasteiger partial charge in [-0.15, -0.1) is 0 Å². The molecule has 5 heteroatoms. The van der Waals surface area contributed by atoms with Crippen LogP contribution in [0.4, 0.5) is 0 Å². The van der Waals surface area contributed by atoms with Crippen LogP contribution in [0.5, 0.6) is 5.75 Å². The van der Waals surface area contributed by atoms with Gasteiger partial charge >= 0.3 is 11.9 Å². The zero-order valence-corrected chi connectivity index (χ0v) is 8.14. The van der Waals surface area contributed by atoms with Crippen LogP contribution in [0.1, 0.15) is 18.5 Å². The molecular formula is C10H11NO4. The Morgan fingerprint density at radius 3 is 2.27 bits per heavy atom. The van der Waals surface area contributed by atoms with Crippen LogP contribution < -0.4 is 10.5 Å². The smallest absolute Gasteiger partial charge is 0.325 e. The van der Waals surface area contributed by atoms with E-state index in [9.17, 15) is 9.59 Å². The summed E-state index contributed by atoms with van der Waals surface area (Å²) in [5.41, 5.74) is 5.84. The molecule has 1 atom stereocenters. The van der Waals surface area contributed by atoms with Gasteiger partial charge in [-0.1, -0.05) is 12.1 Å². The molecular weight excluding hydrogens is 198 g/mol. The molecule has 0 aliphatic rings. The number of carbonyl (C=O) groups is 2. The second-order valence-corrected chi connectivity index (χ2v) is 2.98. The Morgan fingerprint density at radius 1 is 1.33 bits per heavy atom. The Kier molecular flexibility index (Phi) is 3.41. The molecule has 0 fully saturated rings. The number of rotatable bonds is 3. The number of carboxylic acid groups (broad SMARTS) is 1. The van der Waals surface area contributed by atoms with E-state index >= 15 is 0 Å². The molecule has 0 spiro atoms. The summed E-state index contributed by atoms with van der Waals surface area (Å²) in [5, 5.41) is 8.64. The lowest BCUT2D eigenvalue weighted by molar-refractivity contribution is -0.138. The van der Waals surface area contributed by atoms with E-state index in [-0.39, 0.29) is 0 Å². The Labute approximate surface area is 86.5 Å². The lowest BCUT2D eigenvalue weighted by Gasteiger charge is -2.07. The third-order valence-electron chi connectivity index (χ3n) is 1.77. The van der Waals surface area contributed by atoms with Crippen molar-refractivity contribution in [3.05, 3.63) is 29.8 Å². The van der Waals surface area contributed by atoms with Gasteiger partial charge in [0, 0.05) is 6.92 Å². The second-order valence-electron chi connectivity index (χ2n) is 2.98. The first-order valence-electron chi connectivity index (χ1n) is 4.27. The minimum Gasteiger partial charge on any atom is -0.480 e. The summed E-state index contributed by atoms with van der Waals surface area (Å²) >= 11 is 0. The van der Waals surface area contributed by atoms with Gasteiger partial charge in [-0.3, -0.25) is 9.59 Å². The minimum atomic E-state index is -1.10. The van der Waals surface area contributed by atoms with E-state index in [1.165, 1.54) is 31.2 Å². The van der Waals surface area contributed by atoms with Crippen LogP contribution in [-0.4, -0.2) is 17.0 Å². The van der Waals surface area contributed by atoms with Gasteiger partial charge in [0.25, 0.3) is 0 Å². The summed E-state index contributed by atoms with van der Waals surface area (Å²) in [5.74, 6) is -1.16. The number of carbonyl (C=O) groups excluding carboxylic acids is 1. The predicted molar refractivity (Wildman–Crippen MR) is 52.3 cm³/mol.